The first-order chi connectivity index (χ1) is 9.66. The first kappa shape index (κ1) is 17.3. The van der Waals surface area contributed by atoms with Crippen LogP contribution in [0.5, 0.6) is 0 Å². The van der Waals surface area contributed by atoms with Gasteiger partial charge >= 0.3 is 12.1 Å². The normalized spacial score (nSPS) is 12.7. The SMILES string of the molecule is CCOC(=O)C(N)C(=O)Nc1ccc(C(F)(F)F)cc1Cl. The molecule has 0 bridgehead atoms. The third-order valence-electron chi connectivity index (χ3n) is 2.38. The van der Waals surface area contributed by atoms with E-state index in [2.05, 4.69) is 10.1 Å². The van der Waals surface area contributed by atoms with Gasteiger partial charge in [-0.25, -0.2) is 4.79 Å². The molecule has 1 atom stereocenters. The van der Waals surface area contributed by atoms with E-state index in [0.29, 0.717) is 6.07 Å². The predicted octanol–water partition coefficient (Wildman–Crippen LogP) is 2.19. The van der Waals surface area contributed by atoms with Gasteiger partial charge in [0.1, 0.15) is 0 Å². The van der Waals surface area contributed by atoms with Crippen molar-refractivity contribution in [3.63, 3.8) is 0 Å². The van der Waals surface area contributed by atoms with Crippen LogP contribution in [0.3, 0.4) is 0 Å². The maximum Gasteiger partial charge on any atom is 0.416 e. The summed E-state index contributed by atoms with van der Waals surface area (Å²) in [5, 5.41) is 1.84. The van der Waals surface area contributed by atoms with E-state index in [1.165, 1.54) is 6.92 Å². The Morgan fingerprint density at radius 1 is 1.43 bits per heavy atom. The van der Waals surface area contributed by atoms with Gasteiger partial charge in [0.2, 0.25) is 0 Å². The zero-order chi connectivity index (χ0) is 16.2. The quantitative estimate of drug-likeness (QED) is 0.657. The molecule has 116 valence electrons. The highest BCUT2D eigenvalue weighted by atomic mass is 35.5. The Morgan fingerprint density at radius 3 is 2.52 bits per heavy atom. The van der Waals surface area contributed by atoms with Crippen LogP contribution in [-0.2, 0) is 20.5 Å². The van der Waals surface area contributed by atoms with Gasteiger partial charge in [-0.05, 0) is 25.1 Å². The van der Waals surface area contributed by atoms with Crippen LogP contribution < -0.4 is 11.1 Å². The van der Waals surface area contributed by atoms with E-state index >= 15 is 0 Å². The highest BCUT2D eigenvalue weighted by molar-refractivity contribution is 6.34. The molecule has 0 heterocycles. The van der Waals surface area contributed by atoms with E-state index in [1.54, 1.807) is 0 Å². The Hall–Kier alpha value is -1.80. The van der Waals surface area contributed by atoms with Crippen LogP contribution in [0.15, 0.2) is 18.2 Å². The van der Waals surface area contributed by atoms with Crippen molar-refractivity contribution in [2.24, 2.45) is 5.73 Å². The lowest BCUT2D eigenvalue weighted by molar-refractivity contribution is -0.147. The number of amides is 1. The van der Waals surface area contributed by atoms with Crippen molar-refractivity contribution in [3.8, 4) is 0 Å². The summed E-state index contributed by atoms with van der Waals surface area (Å²) in [5.74, 6) is -1.88. The molecular weight excluding hydrogens is 313 g/mol. The van der Waals surface area contributed by atoms with E-state index < -0.39 is 29.7 Å². The predicted molar refractivity (Wildman–Crippen MR) is 69.7 cm³/mol. The molecule has 0 aliphatic heterocycles. The van der Waals surface area contributed by atoms with E-state index in [4.69, 9.17) is 17.3 Å². The van der Waals surface area contributed by atoms with E-state index in [-0.39, 0.29) is 17.3 Å². The number of carbonyl (C=O) groups is 2. The van der Waals surface area contributed by atoms with Gasteiger partial charge < -0.3 is 15.8 Å². The highest BCUT2D eigenvalue weighted by Crippen LogP contribution is 2.33. The summed E-state index contributed by atoms with van der Waals surface area (Å²) >= 11 is 5.65. The zero-order valence-electron chi connectivity index (χ0n) is 10.8. The summed E-state index contributed by atoms with van der Waals surface area (Å²) in [5.41, 5.74) is 4.29. The second-order valence-electron chi connectivity index (χ2n) is 3.91. The van der Waals surface area contributed by atoms with Crippen LogP contribution in [0.2, 0.25) is 5.02 Å². The number of rotatable bonds is 4. The monoisotopic (exact) mass is 324 g/mol. The third kappa shape index (κ3) is 4.61. The topological polar surface area (TPSA) is 81.4 Å². The summed E-state index contributed by atoms with van der Waals surface area (Å²) in [6, 6.07) is 0.786. The molecule has 21 heavy (non-hydrogen) atoms. The molecule has 0 saturated heterocycles. The van der Waals surface area contributed by atoms with Crippen molar-refractivity contribution in [1.82, 2.24) is 0 Å². The van der Waals surface area contributed by atoms with Gasteiger partial charge in [-0.2, -0.15) is 13.2 Å². The fourth-order valence-electron chi connectivity index (χ4n) is 1.34. The van der Waals surface area contributed by atoms with Crippen molar-refractivity contribution >= 4 is 29.2 Å². The molecule has 0 spiro atoms. The summed E-state index contributed by atoms with van der Waals surface area (Å²) in [6.07, 6.45) is -4.55. The number of nitrogens with one attached hydrogen (secondary N) is 1. The summed E-state index contributed by atoms with van der Waals surface area (Å²) < 4.78 is 41.9. The number of alkyl halides is 3. The molecule has 1 aromatic rings. The van der Waals surface area contributed by atoms with Gasteiger partial charge in [0.05, 0.1) is 22.9 Å². The number of benzene rings is 1. The average Bonchev–Trinajstić information content (AvgIpc) is 2.39. The largest absolute Gasteiger partial charge is 0.464 e. The van der Waals surface area contributed by atoms with Gasteiger partial charge in [0, 0.05) is 0 Å². The lowest BCUT2D eigenvalue weighted by Gasteiger charge is -2.13. The maximum atomic E-state index is 12.5. The van der Waals surface area contributed by atoms with Gasteiger partial charge in [0.25, 0.3) is 5.91 Å². The Morgan fingerprint density at radius 2 is 2.05 bits per heavy atom. The summed E-state index contributed by atoms with van der Waals surface area (Å²) in [6.45, 7) is 1.58. The molecule has 1 unspecified atom stereocenters. The van der Waals surface area contributed by atoms with Gasteiger partial charge in [-0.15, -0.1) is 0 Å². The lowest BCUT2D eigenvalue weighted by Crippen LogP contribution is -2.43. The minimum atomic E-state index is -4.55. The molecular formula is C12H12ClF3N2O3. The summed E-state index contributed by atoms with van der Waals surface area (Å²) in [4.78, 5) is 22.9. The molecule has 5 nitrogen and oxygen atoms in total. The van der Waals surface area contributed by atoms with Crippen molar-refractivity contribution < 1.29 is 27.5 Å². The van der Waals surface area contributed by atoms with E-state index in [1.807, 2.05) is 0 Å². The van der Waals surface area contributed by atoms with Crippen LogP contribution >= 0.6 is 11.6 Å². The maximum absolute atomic E-state index is 12.5. The number of halogens is 4. The fourth-order valence-corrected chi connectivity index (χ4v) is 1.57. The first-order valence-corrected chi connectivity index (χ1v) is 6.14. The van der Waals surface area contributed by atoms with Crippen LogP contribution in [-0.4, -0.2) is 24.5 Å². The molecule has 1 rings (SSSR count). The Bertz CT molecular complexity index is 549. The summed E-state index contributed by atoms with van der Waals surface area (Å²) in [7, 11) is 0. The van der Waals surface area contributed by atoms with Crippen molar-refractivity contribution in [2.75, 3.05) is 11.9 Å². The number of esters is 1. The lowest BCUT2D eigenvalue weighted by atomic mass is 10.2. The van der Waals surface area contributed by atoms with Gasteiger partial charge in [-0.3, -0.25) is 4.79 Å². The van der Waals surface area contributed by atoms with Crippen LogP contribution in [0.4, 0.5) is 18.9 Å². The molecule has 1 aromatic carbocycles. The Labute approximate surface area is 123 Å². The molecule has 0 aliphatic carbocycles. The second-order valence-corrected chi connectivity index (χ2v) is 4.32. The molecule has 0 fully saturated rings. The van der Waals surface area contributed by atoms with Gasteiger partial charge in [-0.1, -0.05) is 11.6 Å². The van der Waals surface area contributed by atoms with E-state index in [0.717, 1.165) is 12.1 Å². The number of anilines is 1. The van der Waals surface area contributed by atoms with Gasteiger partial charge in [0.15, 0.2) is 6.04 Å². The fraction of sp³-hybridized carbons (Fsp3) is 0.333. The molecule has 0 aliphatic rings. The number of carbonyl (C=O) groups excluding carboxylic acids is 2. The molecule has 0 aromatic heterocycles. The van der Waals surface area contributed by atoms with Crippen LogP contribution in [0, 0.1) is 0 Å². The van der Waals surface area contributed by atoms with Crippen LogP contribution in [0.1, 0.15) is 12.5 Å². The smallest absolute Gasteiger partial charge is 0.416 e. The number of hydrogen-bond acceptors (Lipinski definition) is 4. The standard InChI is InChI=1S/C12H12ClF3N2O3/c1-2-21-11(20)9(17)10(19)18-8-4-3-6(5-7(8)13)12(14,15)16/h3-5,9H,2,17H2,1H3,(H,18,19). The van der Waals surface area contributed by atoms with Crippen molar-refractivity contribution in [2.45, 2.75) is 19.1 Å². The minimum absolute atomic E-state index is 0.0425. The molecule has 9 heteroatoms. The average molecular weight is 325 g/mol. The van der Waals surface area contributed by atoms with Crippen LogP contribution in [0.25, 0.3) is 0 Å². The van der Waals surface area contributed by atoms with Crippen molar-refractivity contribution in [1.29, 1.82) is 0 Å². The highest BCUT2D eigenvalue weighted by Gasteiger charge is 2.31. The minimum Gasteiger partial charge on any atom is -0.464 e. The molecule has 1 amide bonds. The number of ether oxygens (including phenoxy) is 1. The number of hydrogen-bond donors (Lipinski definition) is 2. The first-order valence-electron chi connectivity index (χ1n) is 5.76. The zero-order valence-corrected chi connectivity index (χ0v) is 11.6. The Balaban J connectivity index is 2.84. The third-order valence-corrected chi connectivity index (χ3v) is 2.69. The van der Waals surface area contributed by atoms with Crippen molar-refractivity contribution in [3.05, 3.63) is 28.8 Å². The Kier molecular flexibility index (Phi) is 5.56. The van der Waals surface area contributed by atoms with E-state index in [9.17, 15) is 22.8 Å². The molecule has 0 radical (unpaired) electrons. The second kappa shape index (κ2) is 6.77. The molecule has 3 N–H and O–H groups in total. The number of nitrogens with two attached hydrogens (primary N) is 1. The molecule has 0 saturated carbocycles.